The van der Waals surface area contributed by atoms with Crippen molar-refractivity contribution < 1.29 is 5.11 Å². The molecule has 0 bridgehead atoms. The van der Waals surface area contributed by atoms with Gasteiger partial charge in [-0.05, 0) is 31.4 Å². The maximum Gasteiger partial charge on any atom is 0.0848 e. The first-order chi connectivity index (χ1) is 9.61. The average molecular weight is 291 g/mol. The topological polar surface area (TPSA) is 38.0 Å². The highest BCUT2D eigenvalue weighted by atomic mass is 35.5. The van der Waals surface area contributed by atoms with E-state index in [-0.39, 0.29) is 5.92 Å². The van der Waals surface area contributed by atoms with E-state index in [1.165, 1.54) is 11.1 Å². The molecule has 1 aromatic heterocycles. The predicted molar refractivity (Wildman–Crippen MR) is 80.2 cm³/mol. The first kappa shape index (κ1) is 13.7. The number of nitrogens with zero attached hydrogens (tertiary/aromatic N) is 2. The van der Waals surface area contributed by atoms with Gasteiger partial charge in [-0.1, -0.05) is 35.9 Å². The quantitative estimate of drug-likeness (QED) is 0.939. The van der Waals surface area contributed by atoms with E-state index in [0.29, 0.717) is 11.4 Å². The van der Waals surface area contributed by atoms with Crippen LogP contribution in [-0.2, 0) is 19.4 Å². The summed E-state index contributed by atoms with van der Waals surface area (Å²) in [6.45, 7) is 4.72. The standard InChI is InChI=1S/C16H19ClN2O/c1-3-19-14(16(17)10(2)18-19)9-15(20)13-8-11-6-4-5-7-12(11)13/h4-7,13,15,20H,3,8-9H2,1-2H3. The number of aliphatic hydroxyl groups is 1. The Morgan fingerprint density at radius 2 is 2.20 bits per heavy atom. The van der Waals surface area contributed by atoms with E-state index in [2.05, 4.69) is 17.2 Å². The van der Waals surface area contributed by atoms with E-state index in [9.17, 15) is 5.11 Å². The highest BCUT2D eigenvalue weighted by Crippen LogP contribution is 2.38. The van der Waals surface area contributed by atoms with Crippen LogP contribution in [0.3, 0.4) is 0 Å². The lowest BCUT2D eigenvalue weighted by Gasteiger charge is -2.34. The molecule has 2 aromatic rings. The number of hydrogen-bond acceptors (Lipinski definition) is 2. The minimum atomic E-state index is -0.399. The predicted octanol–water partition coefficient (Wildman–Crippen LogP) is 3.11. The lowest BCUT2D eigenvalue weighted by Crippen LogP contribution is -2.31. The molecule has 0 fully saturated rings. The maximum absolute atomic E-state index is 10.5. The molecule has 0 saturated carbocycles. The monoisotopic (exact) mass is 290 g/mol. The summed E-state index contributed by atoms with van der Waals surface area (Å²) in [5.74, 6) is 0.225. The van der Waals surface area contributed by atoms with Crippen LogP contribution in [0.15, 0.2) is 24.3 Å². The third-order valence-corrected chi connectivity index (χ3v) is 4.71. The second-order valence-electron chi connectivity index (χ2n) is 5.44. The van der Waals surface area contributed by atoms with Gasteiger partial charge in [0.2, 0.25) is 0 Å². The Kier molecular flexibility index (Phi) is 3.57. The van der Waals surface area contributed by atoms with Gasteiger partial charge < -0.3 is 5.11 Å². The first-order valence-corrected chi connectivity index (χ1v) is 7.47. The molecule has 20 heavy (non-hydrogen) atoms. The summed E-state index contributed by atoms with van der Waals surface area (Å²) < 4.78 is 1.89. The number of fused-ring (bicyclic) bond motifs is 1. The Morgan fingerprint density at radius 3 is 2.90 bits per heavy atom. The van der Waals surface area contributed by atoms with Crippen LogP contribution in [0.1, 0.15) is 35.4 Å². The molecule has 4 heteroatoms. The minimum absolute atomic E-state index is 0.225. The molecule has 3 nitrogen and oxygen atoms in total. The van der Waals surface area contributed by atoms with E-state index in [0.717, 1.165) is 24.4 Å². The van der Waals surface area contributed by atoms with E-state index >= 15 is 0 Å². The summed E-state index contributed by atoms with van der Waals surface area (Å²) in [5, 5.41) is 15.6. The van der Waals surface area contributed by atoms with Gasteiger partial charge in [-0.3, -0.25) is 4.68 Å². The Labute approximate surface area is 124 Å². The molecule has 0 aliphatic heterocycles. The van der Waals surface area contributed by atoms with Crippen molar-refractivity contribution in [3.05, 3.63) is 51.8 Å². The van der Waals surface area contributed by atoms with Gasteiger partial charge in [-0.15, -0.1) is 0 Å². The van der Waals surface area contributed by atoms with Crippen molar-refractivity contribution >= 4 is 11.6 Å². The summed E-state index contributed by atoms with van der Waals surface area (Å²) in [6.07, 6.45) is 1.12. The summed E-state index contributed by atoms with van der Waals surface area (Å²) in [6, 6.07) is 8.32. The molecule has 2 unspecified atom stereocenters. The van der Waals surface area contributed by atoms with Crippen LogP contribution in [0, 0.1) is 6.92 Å². The molecule has 0 radical (unpaired) electrons. The molecule has 3 rings (SSSR count). The van der Waals surface area contributed by atoms with Crippen LogP contribution in [0.25, 0.3) is 0 Å². The number of halogens is 1. The molecular formula is C16H19ClN2O. The maximum atomic E-state index is 10.5. The fourth-order valence-electron chi connectivity index (χ4n) is 3.05. The van der Waals surface area contributed by atoms with Crippen LogP contribution in [0.5, 0.6) is 0 Å². The van der Waals surface area contributed by atoms with Crippen LogP contribution in [0.4, 0.5) is 0 Å². The second kappa shape index (κ2) is 5.23. The zero-order valence-corrected chi connectivity index (χ0v) is 12.6. The van der Waals surface area contributed by atoms with Crippen molar-refractivity contribution in [1.82, 2.24) is 9.78 Å². The smallest absolute Gasteiger partial charge is 0.0848 e. The molecule has 0 spiro atoms. The van der Waals surface area contributed by atoms with Gasteiger partial charge in [0, 0.05) is 18.9 Å². The van der Waals surface area contributed by atoms with Crippen LogP contribution in [0.2, 0.25) is 5.02 Å². The fourth-order valence-corrected chi connectivity index (χ4v) is 3.26. The SMILES string of the molecule is CCn1nc(C)c(Cl)c1CC(O)C1Cc2ccccc21. The zero-order chi connectivity index (χ0) is 14.3. The molecule has 1 aromatic carbocycles. The Bertz CT molecular complexity index is 635. The van der Waals surface area contributed by atoms with Crippen molar-refractivity contribution in [2.24, 2.45) is 0 Å². The highest BCUT2D eigenvalue weighted by molar-refractivity contribution is 6.31. The number of benzene rings is 1. The molecule has 0 amide bonds. The van der Waals surface area contributed by atoms with Gasteiger partial charge in [0.05, 0.1) is 22.5 Å². The van der Waals surface area contributed by atoms with Gasteiger partial charge in [0.15, 0.2) is 0 Å². The van der Waals surface area contributed by atoms with Crippen LogP contribution in [-0.4, -0.2) is 21.0 Å². The Morgan fingerprint density at radius 1 is 1.45 bits per heavy atom. The van der Waals surface area contributed by atoms with Crippen molar-refractivity contribution in [2.45, 2.75) is 45.3 Å². The van der Waals surface area contributed by atoms with Crippen molar-refractivity contribution in [3.63, 3.8) is 0 Å². The van der Waals surface area contributed by atoms with Crippen molar-refractivity contribution in [1.29, 1.82) is 0 Å². The molecule has 1 N–H and O–H groups in total. The average Bonchev–Trinajstić information content (AvgIpc) is 2.68. The van der Waals surface area contributed by atoms with Gasteiger partial charge in [-0.25, -0.2) is 0 Å². The lowest BCUT2D eigenvalue weighted by atomic mass is 9.73. The molecule has 0 saturated heterocycles. The number of aliphatic hydroxyl groups excluding tert-OH is 1. The molecule has 2 atom stereocenters. The van der Waals surface area contributed by atoms with Gasteiger partial charge in [-0.2, -0.15) is 5.10 Å². The summed E-state index contributed by atoms with van der Waals surface area (Å²) >= 11 is 6.31. The number of hydrogen-bond donors (Lipinski definition) is 1. The van der Waals surface area contributed by atoms with Crippen molar-refractivity contribution in [2.75, 3.05) is 0 Å². The lowest BCUT2D eigenvalue weighted by molar-refractivity contribution is 0.131. The van der Waals surface area contributed by atoms with E-state index < -0.39 is 6.10 Å². The second-order valence-corrected chi connectivity index (χ2v) is 5.82. The van der Waals surface area contributed by atoms with Crippen LogP contribution >= 0.6 is 11.6 Å². The van der Waals surface area contributed by atoms with E-state index in [1.807, 2.05) is 30.7 Å². The van der Waals surface area contributed by atoms with Gasteiger partial charge in [0.1, 0.15) is 0 Å². The van der Waals surface area contributed by atoms with Crippen LogP contribution < -0.4 is 0 Å². The minimum Gasteiger partial charge on any atom is -0.392 e. The van der Waals surface area contributed by atoms with Gasteiger partial charge in [0.25, 0.3) is 0 Å². The van der Waals surface area contributed by atoms with Gasteiger partial charge >= 0.3 is 0 Å². The largest absolute Gasteiger partial charge is 0.392 e. The third-order valence-electron chi connectivity index (χ3n) is 4.21. The summed E-state index contributed by atoms with van der Waals surface area (Å²) in [4.78, 5) is 0. The number of aryl methyl sites for hydroxylation is 2. The third kappa shape index (κ3) is 2.15. The first-order valence-electron chi connectivity index (χ1n) is 7.09. The van der Waals surface area contributed by atoms with E-state index in [1.54, 1.807) is 0 Å². The number of rotatable bonds is 4. The Balaban J connectivity index is 1.80. The van der Waals surface area contributed by atoms with E-state index in [4.69, 9.17) is 11.6 Å². The normalized spacial score (nSPS) is 18.5. The zero-order valence-electron chi connectivity index (χ0n) is 11.8. The number of aromatic nitrogens is 2. The molecular weight excluding hydrogens is 272 g/mol. The molecule has 1 heterocycles. The molecule has 106 valence electrons. The summed E-state index contributed by atoms with van der Waals surface area (Å²) in [5.41, 5.74) is 4.41. The fraction of sp³-hybridized carbons (Fsp3) is 0.438. The Hall–Kier alpha value is -1.32. The molecule has 1 aliphatic carbocycles. The summed E-state index contributed by atoms with van der Waals surface area (Å²) in [7, 11) is 0. The highest BCUT2D eigenvalue weighted by Gasteiger charge is 2.32. The van der Waals surface area contributed by atoms with Crippen molar-refractivity contribution in [3.8, 4) is 0 Å². The molecule has 1 aliphatic rings.